The fourth-order valence-corrected chi connectivity index (χ4v) is 7.04. The molecule has 8 nitrogen and oxygen atoms in total. The van der Waals surface area contributed by atoms with Crippen molar-refractivity contribution in [2.75, 3.05) is 37.6 Å². The van der Waals surface area contributed by atoms with Crippen LogP contribution in [-0.4, -0.2) is 80.4 Å². The van der Waals surface area contributed by atoms with Gasteiger partial charge in [-0.2, -0.15) is 0 Å². The van der Waals surface area contributed by atoms with E-state index in [9.17, 15) is 9.90 Å². The Morgan fingerprint density at radius 3 is 2.38 bits per heavy atom. The van der Waals surface area contributed by atoms with Crippen LogP contribution >= 0.6 is 0 Å². The highest BCUT2D eigenvalue weighted by Crippen LogP contribution is 2.43. The summed E-state index contributed by atoms with van der Waals surface area (Å²) in [6.45, 7) is 8.80. The van der Waals surface area contributed by atoms with Gasteiger partial charge in [-0.15, -0.1) is 0 Å². The predicted octanol–water partition coefficient (Wildman–Crippen LogP) is 5.40. The van der Waals surface area contributed by atoms with Gasteiger partial charge >= 0.3 is 6.09 Å². The Morgan fingerprint density at radius 2 is 1.74 bits per heavy atom. The number of alkyl halides is 1. The van der Waals surface area contributed by atoms with Crippen LogP contribution in [0.15, 0.2) is 36.7 Å². The number of H-pyrrole nitrogens is 1. The maximum atomic E-state index is 15.0. The van der Waals surface area contributed by atoms with Gasteiger partial charge in [-0.05, 0) is 69.9 Å². The maximum Gasteiger partial charge on any atom is 0.407 e. The lowest BCUT2D eigenvalue weighted by atomic mass is 9.71. The number of amides is 1. The summed E-state index contributed by atoms with van der Waals surface area (Å²) < 4.78 is 15.0. The second kappa shape index (κ2) is 9.77. The number of carbonyl (C=O) groups is 1. The summed E-state index contributed by atoms with van der Waals surface area (Å²) >= 11 is 0. The fraction of sp³-hybridized carbons (Fsp3) is 0.567. The molecule has 1 spiro atoms. The quantitative estimate of drug-likeness (QED) is 0.466. The molecule has 0 aliphatic carbocycles. The standard InChI is InChI=1S/C30H39FN6O2/c1-20-16-23-22-6-4-5-7-24(22)34-25(23)26(37(20)19-29(2,3)31)21-17-32-27(33-18-21)35-12-8-30(9-13-35)10-14-36(15-11-30)28(38)39/h4-7,17-18,20,26,34H,8-16,19H2,1-3H3,(H,38,39)/t20-,26-/m1/s1. The third-order valence-electron chi connectivity index (χ3n) is 9.25. The minimum Gasteiger partial charge on any atom is -0.465 e. The molecule has 3 aliphatic rings. The number of nitrogens with one attached hydrogen (secondary N) is 1. The van der Waals surface area contributed by atoms with E-state index in [1.807, 2.05) is 18.5 Å². The molecular formula is C30H39FN6O2. The van der Waals surface area contributed by atoms with Crippen molar-refractivity contribution in [3.8, 4) is 0 Å². The zero-order valence-electron chi connectivity index (χ0n) is 23.2. The third-order valence-corrected chi connectivity index (χ3v) is 9.25. The molecule has 0 radical (unpaired) electrons. The molecule has 2 aromatic heterocycles. The van der Waals surface area contributed by atoms with Gasteiger partial charge in [0, 0.05) is 73.3 Å². The van der Waals surface area contributed by atoms with E-state index in [0.29, 0.717) is 19.6 Å². The number of carboxylic acid groups (broad SMARTS) is 1. The van der Waals surface area contributed by atoms with E-state index >= 15 is 4.39 Å². The number of para-hydroxylation sites is 1. The second-order valence-electron chi connectivity index (χ2n) is 12.5. The van der Waals surface area contributed by atoms with Crippen LogP contribution in [0.1, 0.15) is 69.3 Å². The molecule has 0 saturated carbocycles. The van der Waals surface area contributed by atoms with Crippen LogP contribution in [0.2, 0.25) is 0 Å². The highest BCUT2D eigenvalue weighted by atomic mass is 19.1. The van der Waals surface area contributed by atoms with Crippen molar-refractivity contribution in [1.29, 1.82) is 0 Å². The van der Waals surface area contributed by atoms with Crippen molar-refractivity contribution in [1.82, 2.24) is 24.8 Å². The summed E-state index contributed by atoms with van der Waals surface area (Å²) in [5.74, 6) is 0.731. The monoisotopic (exact) mass is 534 g/mol. The van der Waals surface area contributed by atoms with E-state index in [0.717, 1.165) is 67.9 Å². The Morgan fingerprint density at radius 1 is 1.10 bits per heavy atom. The average Bonchev–Trinajstić information content (AvgIpc) is 3.27. The third kappa shape index (κ3) is 4.97. The molecule has 2 N–H and O–H groups in total. The SMILES string of the molecule is C[C@@H]1Cc2c([nH]c3ccccc23)[C@@H](c2cnc(N3CCC4(CCN(C(=O)O)CC4)CC3)nc2)N1CC(C)(C)F. The molecule has 3 aliphatic heterocycles. The van der Waals surface area contributed by atoms with Crippen LogP contribution in [0.4, 0.5) is 15.1 Å². The number of fused-ring (bicyclic) bond motifs is 3. The van der Waals surface area contributed by atoms with Crippen molar-refractivity contribution in [2.45, 2.75) is 70.6 Å². The Kier molecular flexibility index (Phi) is 6.52. The smallest absolute Gasteiger partial charge is 0.407 e. The zero-order chi connectivity index (χ0) is 27.4. The van der Waals surface area contributed by atoms with Gasteiger partial charge in [0.2, 0.25) is 5.95 Å². The number of aromatic amines is 1. The van der Waals surface area contributed by atoms with Gasteiger partial charge in [-0.1, -0.05) is 18.2 Å². The number of piperidine rings is 2. The van der Waals surface area contributed by atoms with Gasteiger partial charge in [-0.3, -0.25) is 4.90 Å². The number of nitrogens with zero attached hydrogens (tertiary/aromatic N) is 5. The van der Waals surface area contributed by atoms with Crippen molar-refractivity contribution in [3.05, 3.63) is 53.5 Å². The van der Waals surface area contributed by atoms with Crippen molar-refractivity contribution in [2.24, 2.45) is 5.41 Å². The van der Waals surface area contributed by atoms with E-state index in [1.54, 1.807) is 13.8 Å². The molecule has 208 valence electrons. The van der Waals surface area contributed by atoms with Crippen LogP contribution in [0.3, 0.4) is 0 Å². The summed E-state index contributed by atoms with van der Waals surface area (Å²) in [5, 5.41) is 10.5. The van der Waals surface area contributed by atoms with Gasteiger partial charge in [0.25, 0.3) is 0 Å². The summed E-state index contributed by atoms with van der Waals surface area (Å²) in [6.07, 6.45) is 7.83. The number of anilines is 1. The number of hydrogen-bond acceptors (Lipinski definition) is 5. The number of aromatic nitrogens is 3. The summed E-state index contributed by atoms with van der Waals surface area (Å²) in [4.78, 5) is 30.6. The normalized spacial score (nSPS) is 23.8. The number of likely N-dealkylation sites (tertiary alicyclic amines) is 1. The molecule has 2 atom stereocenters. The van der Waals surface area contributed by atoms with Crippen LogP contribution in [0.5, 0.6) is 0 Å². The molecule has 0 bridgehead atoms. The topological polar surface area (TPSA) is 88.6 Å². The molecule has 2 fully saturated rings. The minimum atomic E-state index is -1.33. The van der Waals surface area contributed by atoms with Crippen molar-refractivity contribution in [3.63, 3.8) is 0 Å². The number of rotatable bonds is 4. The van der Waals surface area contributed by atoms with Crippen LogP contribution in [-0.2, 0) is 6.42 Å². The zero-order valence-corrected chi connectivity index (χ0v) is 23.2. The van der Waals surface area contributed by atoms with E-state index in [4.69, 9.17) is 9.97 Å². The van der Waals surface area contributed by atoms with E-state index in [-0.39, 0.29) is 17.5 Å². The Hall–Kier alpha value is -3.20. The lowest BCUT2D eigenvalue weighted by Gasteiger charge is -2.46. The van der Waals surface area contributed by atoms with Gasteiger partial charge in [0.05, 0.1) is 6.04 Å². The average molecular weight is 535 g/mol. The Bertz CT molecular complexity index is 1330. The largest absolute Gasteiger partial charge is 0.465 e. The lowest BCUT2D eigenvalue weighted by Crippen LogP contribution is -2.48. The number of halogens is 1. The van der Waals surface area contributed by atoms with Crippen molar-refractivity contribution >= 4 is 22.9 Å². The first-order valence-corrected chi connectivity index (χ1v) is 14.2. The van der Waals surface area contributed by atoms with Gasteiger partial charge < -0.3 is 19.9 Å². The molecule has 39 heavy (non-hydrogen) atoms. The number of hydrogen-bond donors (Lipinski definition) is 2. The predicted molar refractivity (Wildman–Crippen MR) is 150 cm³/mol. The van der Waals surface area contributed by atoms with Gasteiger partial charge in [0.1, 0.15) is 5.67 Å². The highest BCUT2D eigenvalue weighted by Gasteiger charge is 2.40. The summed E-state index contributed by atoms with van der Waals surface area (Å²) in [5.41, 5.74) is 3.39. The van der Waals surface area contributed by atoms with Crippen molar-refractivity contribution < 1.29 is 14.3 Å². The molecule has 1 amide bonds. The van der Waals surface area contributed by atoms with Crippen LogP contribution in [0, 0.1) is 5.41 Å². The van der Waals surface area contributed by atoms with E-state index in [2.05, 4.69) is 39.9 Å². The second-order valence-corrected chi connectivity index (χ2v) is 12.5. The molecule has 5 heterocycles. The van der Waals surface area contributed by atoms with Crippen LogP contribution in [0.25, 0.3) is 10.9 Å². The van der Waals surface area contributed by atoms with Gasteiger partial charge in [0.15, 0.2) is 0 Å². The van der Waals surface area contributed by atoms with Crippen LogP contribution < -0.4 is 4.90 Å². The minimum absolute atomic E-state index is 0.149. The van der Waals surface area contributed by atoms with Gasteiger partial charge in [-0.25, -0.2) is 19.2 Å². The fourth-order valence-electron chi connectivity index (χ4n) is 7.04. The molecule has 3 aromatic rings. The lowest BCUT2D eigenvalue weighted by molar-refractivity contribution is 0.0665. The first-order chi connectivity index (χ1) is 18.6. The Labute approximate surface area is 229 Å². The molecule has 0 unspecified atom stereocenters. The summed E-state index contributed by atoms with van der Waals surface area (Å²) in [6, 6.07) is 8.40. The first-order valence-electron chi connectivity index (χ1n) is 14.2. The molecule has 2 saturated heterocycles. The maximum absolute atomic E-state index is 15.0. The number of benzene rings is 1. The Balaban J connectivity index is 1.24. The van der Waals surface area contributed by atoms with E-state index < -0.39 is 11.8 Å². The molecule has 1 aromatic carbocycles. The molecular weight excluding hydrogens is 495 g/mol. The molecule has 6 rings (SSSR count). The van der Waals surface area contributed by atoms with E-state index in [1.165, 1.54) is 15.8 Å². The highest BCUT2D eigenvalue weighted by molar-refractivity contribution is 5.85. The first kappa shape index (κ1) is 26.0. The molecule has 9 heteroatoms. The summed E-state index contributed by atoms with van der Waals surface area (Å²) in [7, 11) is 0.